The maximum Gasteiger partial charge on any atom is 0.0474 e. The molecule has 4 atom stereocenters. The molecule has 0 saturated heterocycles. The molecule has 2 aliphatic rings. The first kappa shape index (κ1) is 15.3. The van der Waals surface area contributed by atoms with Crippen molar-refractivity contribution in [1.82, 2.24) is 5.32 Å². The molecular weight excluding hydrogens is 236 g/mol. The fourth-order valence-electron chi connectivity index (χ4n) is 4.62. The summed E-state index contributed by atoms with van der Waals surface area (Å²) in [6.45, 7) is 5.76. The summed E-state index contributed by atoms with van der Waals surface area (Å²) in [4.78, 5) is 0. The Morgan fingerprint density at radius 2 is 1.79 bits per heavy atom. The summed E-state index contributed by atoms with van der Waals surface area (Å²) in [5, 5.41) is 13.5. The molecule has 3 nitrogen and oxygen atoms in total. The van der Waals surface area contributed by atoms with Crippen LogP contribution in [0.1, 0.15) is 58.8 Å². The van der Waals surface area contributed by atoms with Crippen LogP contribution in [0.25, 0.3) is 0 Å². The van der Waals surface area contributed by atoms with E-state index in [0.29, 0.717) is 18.6 Å². The third-order valence-electron chi connectivity index (χ3n) is 5.31. The molecule has 3 heteroatoms. The number of aliphatic hydroxyl groups is 1. The predicted octanol–water partition coefficient (Wildman–Crippen LogP) is 2.28. The van der Waals surface area contributed by atoms with E-state index in [0.717, 1.165) is 18.4 Å². The summed E-state index contributed by atoms with van der Waals surface area (Å²) < 4.78 is 0. The fraction of sp³-hybridized carbons (Fsp3) is 1.00. The van der Waals surface area contributed by atoms with Gasteiger partial charge in [0.05, 0.1) is 0 Å². The molecule has 0 amide bonds. The molecule has 19 heavy (non-hydrogen) atoms. The van der Waals surface area contributed by atoms with Gasteiger partial charge in [-0.2, -0.15) is 0 Å². The lowest BCUT2D eigenvalue weighted by Crippen LogP contribution is -2.60. The molecule has 0 bridgehead atoms. The van der Waals surface area contributed by atoms with Crippen molar-refractivity contribution in [2.24, 2.45) is 23.5 Å². The van der Waals surface area contributed by atoms with Crippen molar-refractivity contribution < 1.29 is 5.11 Å². The summed E-state index contributed by atoms with van der Waals surface area (Å²) >= 11 is 0. The number of hydrogen-bond acceptors (Lipinski definition) is 3. The average molecular weight is 268 g/mol. The van der Waals surface area contributed by atoms with Crippen molar-refractivity contribution in [3.05, 3.63) is 0 Å². The zero-order chi connectivity index (χ0) is 13.9. The highest BCUT2D eigenvalue weighted by Gasteiger charge is 2.39. The molecule has 2 rings (SSSR count). The maximum absolute atomic E-state index is 9.58. The topological polar surface area (TPSA) is 58.3 Å². The Morgan fingerprint density at radius 3 is 2.37 bits per heavy atom. The first-order valence-corrected chi connectivity index (χ1v) is 8.17. The largest absolute Gasteiger partial charge is 0.396 e. The van der Waals surface area contributed by atoms with Crippen LogP contribution in [0.2, 0.25) is 0 Å². The molecule has 0 aromatic heterocycles. The molecule has 112 valence electrons. The lowest BCUT2D eigenvalue weighted by atomic mass is 9.70. The number of nitrogens with one attached hydrogen (secondary N) is 1. The summed E-state index contributed by atoms with van der Waals surface area (Å²) in [6, 6.07) is 0.472. The van der Waals surface area contributed by atoms with E-state index in [-0.39, 0.29) is 5.54 Å². The average Bonchev–Trinajstić information content (AvgIpc) is 2.38. The van der Waals surface area contributed by atoms with Gasteiger partial charge in [0, 0.05) is 24.7 Å². The van der Waals surface area contributed by atoms with Crippen LogP contribution < -0.4 is 11.1 Å². The Morgan fingerprint density at radius 1 is 1.16 bits per heavy atom. The SMILES string of the molecule is CC1CC(C)CC(CN)(NC2CCCCC2CO)C1. The Kier molecular flexibility index (Phi) is 5.27. The minimum atomic E-state index is 0.118. The molecule has 0 radical (unpaired) electrons. The zero-order valence-corrected chi connectivity index (χ0v) is 12.7. The molecule has 4 unspecified atom stereocenters. The van der Waals surface area contributed by atoms with Gasteiger partial charge in [0.25, 0.3) is 0 Å². The Hall–Kier alpha value is -0.120. The van der Waals surface area contributed by atoms with Gasteiger partial charge in [0.2, 0.25) is 0 Å². The summed E-state index contributed by atoms with van der Waals surface area (Å²) in [5.74, 6) is 1.96. The number of rotatable bonds is 4. The quantitative estimate of drug-likeness (QED) is 0.733. The third kappa shape index (κ3) is 3.71. The van der Waals surface area contributed by atoms with Crippen molar-refractivity contribution in [3.63, 3.8) is 0 Å². The number of aliphatic hydroxyl groups excluding tert-OH is 1. The fourth-order valence-corrected chi connectivity index (χ4v) is 4.62. The standard InChI is InChI=1S/C16H32N2O/c1-12-7-13(2)9-16(8-12,11-17)18-15-6-4-3-5-14(15)10-19/h12-15,18-19H,3-11,17H2,1-2H3. The van der Waals surface area contributed by atoms with E-state index in [1.54, 1.807) is 0 Å². The highest BCUT2D eigenvalue weighted by molar-refractivity contribution is 4.99. The molecule has 2 fully saturated rings. The molecule has 0 aliphatic heterocycles. The second-order valence-electron chi connectivity index (χ2n) is 7.32. The van der Waals surface area contributed by atoms with Crippen molar-refractivity contribution >= 4 is 0 Å². The highest BCUT2D eigenvalue weighted by atomic mass is 16.3. The number of nitrogens with two attached hydrogens (primary N) is 1. The van der Waals surface area contributed by atoms with Crippen LogP contribution in [0.5, 0.6) is 0 Å². The zero-order valence-electron chi connectivity index (χ0n) is 12.7. The Balaban J connectivity index is 2.04. The number of hydrogen-bond donors (Lipinski definition) is 3. The molecule has 2 saturated carbocycles. The van der Waals surface area contributed by atoms with Crippen molar-refractivity contribution in [1.29, 1.82) is 0 Å². The monoisotopic (exact) mass is 268 g/mol. The summed E-state index contributed by atoms with van der Waals surface area (Å²) in [5.41, 5.74) is 6.26. The van der Waals surface area contributed by atoms with Crippen molar-refractivity contribution in [2.75, 3.05) is 13.2 Å². The van der Waals surface area contributed by atoms with Gasteiger partial charge >= 0.3 is 0 Å². The van der Waals surface area contributed by atoms with E-state index in [1.807, 2.05) is 0 Å². The van der Waals surface area contributed by atoms with E-state index >= 15 is 0 Å². The normalized spacial score (nSPS) is 44.2. The molecule has 0 aromatic rings. The van der Waals surface area contributed by atoms with Gasteiger partial charge in [0.1, 0.15) is 0 Å². The van der Waals surface area contributed by atoms with Gasteiger partial charge in [0.15, 0.2) is 0 Å². The van der Waals surface area contributed by atoms with E-state index in [2.05, 4.69) is 19.2 Å². The molecular formula is C16H32N2O. The van der Waals surface area contributed by atoms with Gasteiger partial charge in [-0.25, -0.2) is 0 Å². The first-order valence-electron chi connectivity index (χ1n) is 8.17. The van der Waals surface area contributed by atoms with Crippen LogP contribution in [0, 0.1) is 17.8 Å². The molecule has 2 aliphatic carbocycles. The molecule has 4 N–H and O–H groups in total. The molecule has 0 aromatic carbocycles. The van der Waals surface area contributed by atoms with E-state index in [4.69, 9.17) is 5.73 Å². The minimum absolute atomic E-state index is 0.118. The van der Waals surface area contributed by atoms with Crippen molar-refractivity contribution in [3.8, 4) is 0 Å². The predicted molar refractivity (Wildman–Crippen MR) is 79.9 cm³/mol. The molecule has 0 spiro atoms. The van der Waals surface area contributed by atoms with Gasteiger partial charge < -0.3 is 16.2 Å². The van der Waals surface area contributed by atoms with E-state index in [1.165, 1.54) is 44.9 Å². The lowest BCUT2D eigenvalue weighted by Gasteiger charge is -2.47. The van der Waals surface area contributed by atoms with Gasteiger partial charge in [-0.3, -0.25) is 0 Å². The van der Waals surface area contributed by atoms with E-state index < -0.39 is 0 Å². The van der Waals surface area contributed by atoms with Crippen LogP contribution in [-0.4, -0.2) is 29.8 Å². The Bertz CT molecular complexity index is 272. The van der Waals surface area contributed by atoms with Crippen LogP contribution in [0.3, 0.4) is 0 Å². The second kappa shape index (κ2) is 6.55. The smallest absolute Gasteiger partial charge is 0.0474 e. The van der Waals surface area contributed by atoms with Gasteiger partial charge in [-0.05, 0) is 49.9 Å². The highest BCUT2D eigenvalue weighted by Crippen LogP contribution is 2.37. The van der Waals surface area contributed by atoms with Crippen LogP contribution in [0.15, 0.2) is 0 Å². The molecule has 0 heterocycles. The lowest BCUT2D eigenvalue weighted by molar-refractivity contribution is 0.0870. The maximum atomic E-state index is 9.58. The third-order valence-corrected chi connectivity index (χ3v) is 5.31. The van der Waals surface area contributed by atoms with E-state index in [9.17, 15) is 5.11 Å². The van der Waals surface area contributed by atoms with Crippen LogP contribution in [-0.2, 0) is 0 Å². The van der Waals surface area contributed by atoms with Crippen LogP contribution >= 0.6 is 0 Å². The van der Waals surface area contributed by atoms with Gasteiger partial charge in [-0.1, -0.05) is 26.7 Å². The second-order valence-corrected chi connectivity index (χ2v) is 7.32. The van der Waals surface area contributed by atoms with Gasteiger partial charge in [-0.15, -0.1) is 0 Å². The summed E-state index contributed by atoms with van der Waals surface area (Å²) in [7, 11) is 0. The van der Waals surface area contributed by atoms with Crippen molar-refractivity contribution in [2.45, 2.75) is 70.4 Å². The van der Waals surface area contributed by atoms with Crippen LogP contribution in [0.4, 0.5) is 0 Å². The Labute approximate surface area is 118 Å². The minimum Gasteiger partial charge on any atom is -0.396 e. The summed E-state index contributed by atoms with van der Waals surface area (Å²) in [6.07, 6.45) is 8.66. The first-order chi connectivity index (χ1) is 9.08.